The van der Waals surface area contributed by atoms with Gasteiger partial charge >= 0.3 is 6.18 Å². The van der Waals surface area contributed by atoms with Gasteiger partial charge in [0.05, 0.1) is 11.8 Å². The highest BCUT2D eigenvalue weighted by molar-refractivity contribution is 5.95. The fourth-order valence-corrected chi connectivity index (χ4v) is 3.93. The van der Waals surface area contributed by atoms with E-state index in [1.165, 1.54) is 30.3 Å². The van der Waals surface area contributed by atoms with Crippen molar-refractivity contribution >= 4 is 18.0 Å². The highest BCUT2D eigenvalue weighted by atomic mass is 19.4. The molecule has 2 atom stereocenters. The second-order valence-electron chi connectivity index (χ2n) is 8.03. The average molecular weight is 461 g/mol. The summed E-state index contributed by atoms with van der Waals surface area (Å²) in [7, 11) is 0. The number of benzene rings is 2. The van der Waals surface area contributed by atoms with Crippen molar-refractivity contribution in [2.45, 2.75) is 51.4 Å². The molecular weight excluding hydrogens is 435 g/mol. The molecule has 176 valence electrons. The van der Waals surface area contributed by atoms with Gasteiger partial charge in [-0.25, -0.2) is 5.43 Å². The zero-order valence-corrected chi connectivity index (χ0v) is 18.4. The summed E-state index contributed by atoms with van der Waals surface area (Å²) in [5, 5.41) is 3.63. The van der Waals surface area contributed by atoms with Gasteiger partial charge in [-0.1, -0.05) is 18.2 Å². The summed E-state index contributed by atoms with van der Waals surface area (Å²) < 4.78 is 44.6. The molecule has 2 unspecified atom stereocenters. The molecular formula is C24H26F3N3O3. The smallest absolute Gasteiger partial charge is 0.417 e. The van der Waals surface area contributed by atoms with Gasteiger partial charge in [-0.05, 0) is 63.4 Å². The molecule has 1 saturated heterocycles. The Morgan fingerprint density at radius 1 is 1.09 bits per heavy atom. The number of halogens is 3. The molecule has 2 aromatic rings. The maximum atomic E-state index is 13.0. The average Bonchev–Trinajstić information content (AvgIpc) is 2.77. The third-order valence-corrected chi connectivity index (χ3v) is 5.60. The summed E-state index contributed by atoms with van der Waals surface area (Å²) >= 11 is 0. The number of rotatable bonds is 6. The molecule has 0 aromatic heterocycles. The number of likely N-dealkylation sites (tertiary alicyclic amines) is 1. The van der Waals surface area contributed by atoms with Gasteiger partial charge < -0.3 is 9.64 Å². The number of amides is 2. The number of carbonyl (C=O) groups is 2. The Kier molecular flexibility index (Phi) is 7.73. The Labute approximate surface area is 190 Å². The number of piperidine rings is 1. The number of carbonyl (C=O) groups excluding carboxylic acids is 2. The van der Waals surface area contributed by atoms with Crippen LogP contribution >= 0.6 is 0 Å². The Bertz CT molecular complexity index is 996. The number of hydrogen-bond donors (Lipinski definition) is 1. The largest absolute Gasteiger partial charge is 0.484 e. The molecule has 0 aliphatic carbocycles. The first-order chi connectivity index (χ1) is 15.7. The summed E-state index contributed by atoms with van der Waals surface area (Å²) in [6, 6.07) is 11.4. The first-order valence-electron chi connectivity index (χ1n) is 10.7. The van der Waals surface area contributed by atoms with Gasteiger partial charge in [-0.15, -0.1) is 0 Å². The number of alkyl halides is 3. The van der Waals surface area contributed by atoms with E-state index in [1.54, 1.807) is 12.1 Å². The Morgan fingerprint density at radius 2 is 1.73 bits per heavy atom. The number of hydrazone groups is 1. The van der Waals surface area contributed by atoms with Crippen LogP contribution in [0.4, 0.5) is 13.2 Å². The Morgan fingerprint density at radius 3 is 2.36 bits per heavy atom. The van der Waals surface area contributed by atoms with Crippen LogP contribution in [0.2, 0.25) is 0 Å². The van der Waals surface area contributed by atoms with Gasteiger partial charge in [0.2, 0.25) is 0 Å². The van der Waals surface area contributed by atoms with Crippen molar-refractivity contribution in [2.24, 2.45) is 5.10 Å². The van der Waals surface area contributed by atoms with Crippen LogP contribution in [0.3, 0.4) is 0 Å². The molecule has 1 heterocycles. The van der Waals surface area contributed by atoms with Crippen molar-refractivity contribution < 1.29 is 27.5 Å². The van der Waals surface area contributed by atoms with Crippen molar-refractivity contribution in [3.05, 3.63) is 65.2 Å². The molecule has 9 heteroatoms. The van der Waals surface area contributed by atoms with Crippen LogP contribution in [0.5, 0.6) is 5.75 Å². The normalized spacial score (nSPS) is 18.9. The van der Waals surface area contributed by atoms with Gasteiger partial charge in [0, 0.05) is 23.2 Å². The van der Waals surface area contributed by atoms with E-state index < -0.39 is 17.6 Å². The van der Waals surface area contributed by atoms with Gasteiger partial charge in [-0.2, -0.15) is 18.3 Å². The van der Waals surface area contributed by atoms with Crippen molar-refractivity contribution in [3.8, 4) is 5.75 Å². The molecule has 2 amide bonds. The van der Waals surface area contributed by atoms with Crippen molar-refractivity contribution in [2.75, 3.05) is 6.61 Å². The van der Waals surface area contributed by atoms with Crippen LogP contribution in [-0.2, 0) is 11.0 Å². The SMILES string of the molecule is CC1CCCC(C)N1C(=O)COc1ccc(C(=O)N/N=C/c2ccccc2C(F)(F)F)cc1. The molecule has 6 nitrogen and oxygen atoms in total. The second-order valence-corrected chi connectivity index (χ2v) is 8.03. The fourth-order valence-electron chi connectivity index (χ4n) is 3.93. The van der Waals surface area contributed by atoms with Crippen molar-refractivity contribution in [3.63, 3.8) is 0 Å². The minimum Gasteiger partial charge on any atom is -0.484 e. The predicted octanol–water partition coefficient (Wildman–Crippen LogP) is 4.64. The molecule has 33 heavy (non-hydrogen) atoms. The van der Waals surface area contributed by atoms with E-state index in [9.17, 15) is 22.8 Å². The number of hydrogen-bond acceptors (Lipinski definition) is 4. The predicted molar refractivity (Wildman–Crippen MR) is 118 cm³/mol. The van der Waals surface area contributed by atoms with E-state index in [-0.39, 0.29) is 35.7 Å². The molecule has 1 fully saturated rings. The quantitative estimate of drug-likeness (QED) is 0.503. The third kappa shape index (κ3) is 6.34. The highest BCUT2D eigenvalue weighted by Gasteiger charge is 2.32. The van der Waals surface area contributed by atoms with Crippen molar-refractivity contribution in [1.29, 1.82) is 0 Å². The van der Waals surface area contributed by atoms with E-state index in [2.05, 4.69) is 10.5 Å². The maximum absolute atomic E-state index is 13.0. The van der Waals surface area contributed by atoms with Crippen LogP contribution in [-0.4, -0.2) is 41.6 Å². The van der Waals surface area contributed by atoms with Gasteiger partial charge in [0.1, 0.15) is 5.75 Å². The minimum absolute atomic E-state index is 0.0787. The number of nitrogens with zero attached hydrogens (tertiary/aromatic N) is 2. The maximum Gasteiger partial charge on any atom is 0.417 e. The molecule has 0 radical (unpaired) electrons. The molecule has 3 rings (SSSR count). The van der Waals surface area contributed by atoms with Crippen LogP contribution in [0.15, 0.2) is 53.6 Å². The monoisotopic (exact) mass is 461 g/mol. The van der Waals surface area contributed by atoms with Gasteiger partial charge in [0.15, 0.2) is 6.61 Å². The van der Waals surface area contributed by atoms with Crippen LogP contribution < -0.4 is 10.2 Å². The lowest BCUT2D eigenvalue weighted by atomic mass is 9.97. The summed E-state index contributed by atoms with van der Waals surface area (Å²) in [6.45, 7) is 3.97. The van der Waals surface area contributed by atoms with E-state index in [0.717, 1.165) is 31.5 Å². The first kappa shape index (κ1) is 24.3. The molecule has 0 bridgehead atoms. The van der Waals surface area contributed by atoms with Crippen LogP contribution in [0, 0.1) is 0 Å². The second kappa shape index (κ2) is 10.5. The minimum atomic E-state index is -4.52. The third-order valence-electron chi connectivity index (χ3n) is 5.60. The van der Waals surface area contributed by atoms with E-state index in [0.29, 0.717) is 5.75 Å². The summed E-state index contributed by atoms with van der Waals surface area (Å²) in [6.07, 6.45) is -0.510. The molecule has 1 N–H and O–H groups in total. The summed E-state index contributed by atoms with van der Waals surface area (Å²) in [4.78, 5) is 26.6. The number of nitrogens with one attached hydrogen (secondary N) is 1. The molecule has 1 aliphatic heterocycles. The lowest BCUT2D eigenvalue weighted by Crippen LogP contribution is -2.49. The highest BCUT2D eigenvalue weighted by Crippen LogP contribution is 2.31. The standard InChI is InChI=1S/C24H26F3N3O3/c1-16-6-5-7-17(2)30(16)22(31)15-33-20-12-10-18(11-13-20)23(32)29-28-14-19-8-3-4-9-21(19)24(25,26)27/h3-4,8-14,16-17H,5-7,15H2,1-2H3,(H,29,32)/b28-14+. The Balaban J connectivity index is 1.54. The zero-order valence-electron chi connectivity index (χ0n) is 18.4. The molecule has 2 aromatic carbocycles. The van der Waals surface area contributed by atoms with Gasteiger partial charge in [-0.3, -0.25) is 9.59 Å². The van der Waals surface area contributed by atoms with E-state index >= 15 is 0 Å². The molecule has 0 spiro atoms. The topological polar surface area (TPSA) is 71.0 Å². The van der Waals surface area contributed by atoms with E-state index in [1.807, 2.05) is 18.7 Å². The fraction of sp³-hybridized carbons (Fsp3) is 0.375. The Hall–Kier alpha value is -3.36. The van der Waals surface area contributed by atoms with Gasteiger partial charge in [0.25, 0.3) is 11.8 Å². The lowest BCUT2D eigenvalue weighted by Gasteiger charge is -2.38. The first-order valence-corrected chi connectivity index (χ1v) is 10.7. The number of ether oxygens (including phenoxy) is 1. The summed E-state index contributed by atoms with van der Waals surface area (Å²) in [5.41, 5.74) is 1.46. The summed E-state index contributed by atoms with van der Waals surface area (Å²) in [5.74, 6) is -0.237. The lowest BCUT2D eigenvalue weighted by molar-refractivity contribution is -0.139. The zero-order chi connectivity index (χ0) is 24.0. The van der Waals surface area contributed by atoms with Crippen LogP contribution in [0.25, 0.3) is 0 Å². The van der Waals surface area contributed by atoms with Crippen molar-refractivity contribution in [1.82, 2.24) is 10.3 Å². The van der Waals surface area contributed by atoms with Crippen LogP contribution in [0.1, 0.15) is 54.6 Å². The molecule has 0 saturated carbocycles. The van der Waals surface area contributed by atoms with E-state index in [4.69, 9.17) is 4.74 Å². The molecule has 1 aliphatic rings.